The number of amides is 2. The second-order valence-electron chi connectivity index (χ2n) is 5.58. The van der Waals surface area contributed by atoms with Crippen molar-refractivity contribution in [3.8, 4) is 5.75 Å². The maximum absolute atomic E-state index is 12.3. The standard InChI is InChI=1S/C17H21N3O4S/c1-12-5-6-14(11-16(12)25(22,23)20(2)3)19-17(21)18-13-7-9-15(24-4)10-8-13/h5-11H,1-4H3,(H2,18,19,21). The second kappa shape index (κ2) is 7.54. The number of nitrogens with zero attached hydrogens (tertiary/aromatic N) is 1. The number of benzene rings is 2. The highest BCUT2D eigenvalue weighted by Crippen LogP contribution is 2.22. The Morgan fingerprint density at radius 3 is 2.12 bits per heavy atom. The third-order valence-corrected chi connectivity index (χ3v) is 5.51. The van der Waals surface area contributed by atoms with Crippen LogP contribution in [-0.4, -0.2) is 40.0 Å². The first-order chi connectivity index (χ1) is 11.7. The molecule has 25 heavy (non-hydrogen) atoms. The van der Waals surface area contributed by atoms with E-state index >= 15 is 0 Å². The first-order valence-corrected chi connectivity index (χ1v) is 8.93. The number of methoxy groups -OCH3 is 1. The van der Waals surface area contributed by atoms with Crippen LogP contribution in [0.4, 0.5) is 16.2 Å². The number of hydrogen-bond acceptors (Lipinski definition) is 4. The molecule has 0 saturated carbocycles. The van der Waals surface area contributed by atoms with Crippen LogP contribution < -0.4 is 15.4 Å². The Bertz CT molecular complexity index is 862. The molecule has 8 heteroatoms. The quantitative estimate of drug-likeness (QED) is 0.855. The van der Waals surface area contributed by atoms with Gasteiger partial charge in [-0.05, 0) is 48.9 Å². The molecule has 0 fully saturated rings. The lowest BCUT2D eigenvalue weighted by atomic mass is 10.2. The van der Waals surface area contributed by atoms with Crippen molar-refractivity contribution in [1.82, 2.24) is 4.31 Å². The molecule has 0 aromatic heterocycles. The normalized spacial score (nSPS) is 11.2. The minimum atomic E-state index is -3.58. The fraction of sp³-hybridized carbons (Fsp3) is 0.235. The number of carbonyl (C=O) groups is 1. The Kier molecular flexibility index (Phi) is 5.66. The zero-order valence-electron chi connectivity index (χ0n) is 14.5. The smallest absolute Gasteiger partial charge is 0.323 e. The fourth-order valence-electron chi connectivity index (χ4n) is 2.12. The first kappa shape index (κ1) is 18.8. The molecule has 0 atom stereocenters. The molecule has 0 saturated heterocycles. The SMILES string of the molecule is COc1ccc(NC(=O)Nc2ccc(C)c(S(=O)(=O)N(C)C)c2)cc1. The van der Waals surface area contributed by atoms with E-state index in [-0.39, 0.29) is 4.90 Å². The van der Waals surface area contributed by atoms with Crippen molar-refractivity contribution in [2.24, 2.45) is 0 Å². The Morgan fingerprint density at radius 2 is 1.56 bits per heavy atom. The summed E-state index contributed by atoms with van der Waals surface area (Å²) in [7, 11) is 0.904. The summed E-state index contributed by atoms with van der Waals surface area (Å²) in [6.45, 7) is 1.71. The van der Waals surface area contributed by atoms with Crippen LogP contribution in [0.5, 0.6) is 5.75 Å². The van der Waals surface area contributed by atoms with Gasteiger partial charge in [0.05, 0.1) is 12.0 Å². The van der Waals surface area contributed by atoms with Gasteiger partial charge in [0.15, 0.2) is 0 Å². The summed E-state index contributed by atoms with van der Waals surface area (Å²) >= 11 is 0. The predicted octanol–water partition coefficient (Wildman–Crippen LogP) is 2.90. The summed E-state index contributed by atoms with van der Waals surface area (Å²) in [4.78, 5) is 12.3. The van der Waals surface area contributed by atoms with Crippen molar-refractivity contribution < 1.29 is 17.9 Å². The maximum atomic E-state index is 12.3. The predicted molar refractivity (Wildman–Crippen MR) is 97.7 cm³/mol. The first-order valence-electron chi connectivity index (χ1n) is 7.49. The molecule has 0 aliphatic heterocycles. The van der Waals surface area contributed by atoms with Gasteiger partial charge in [0, 0.05) is 25.5 Å². The molecule has 0 aliphatic carbocycles. The van der Waals surface area contributed by atoms with Crippen molar-refractivity contribution in [1.29, 1.82) is 0 Å². The highest BCUT2D eigenvalue weighted by molar-refractivity contribution is 7.89. The Balaban J connectivity index is 2.15. The number of hydrogen-bond donors (Lipinski definition) is 2. The molecule has 2 aromatic rings. The monoisotopic (exact) mass is 363 g/mol. The van der Waals surface area contributed by atoms with Crippen molar-refractivity contribution >= 4 is 27.4 Å². The highest BCUT2D eigenvalue weighted by Gasteiger charge is 2.20. The van der Waals surface area contributed by atoms with Gasteiger partial charge in [-0.3, -0.25) is 0 Å². The lowest BCUT2D eigenvalue weighted by Crippen LogP contribution is -2.24. The minimum Gasteiger partial charge on any atom is -0.497 e. The third-order valence-electron chi connectivity index (χ3n) is 3.55. The van der Waals surface area contributed by atoms with E-state index in [1.165, 1.54) is 20.2 Å². The van der Waals surface area contributed by atoms with Gasteiger partial charge >= 0.3 is 6.03 Å². The molecule has 134 valence electrons. The van der Waals surface area contributed by atoms with Crippen molar-refractivity contribution in [3.63, 3.8) is 0 Å². The summed E-state index contributed by atoms with van der Waals surface area (Å²) in [6, 6.07) is 11.1. The summed E-state index contributed by atoms with van der Waals surface area (Å²) in [5, 5.41) is 5.31. The van der Waals surface area contributed by atoms with Crippen LogP contribution >= 0.6 is 0 Å². The van der Waals surface area contributed by atoms with Crippen LogP contribution in [0.1, 0.15) is 5.56 Å². The van der Waals surface area contributed by atoms with Crippen molar-refractivity contribution in [3.05, 3.63) is 48.0 Å². The van der Waals surface area contributed by atoms with Gasteiger partial charge in [-0.2, -0.15) is 0 Å². The van der Waals surface area contributed by atoms with Crippen LogP contribution in [0.2, 0.25) is 0 Å². The van der Waals surface area contributed by atoms with Crippen LogP contribution in [0.15, 0.2) is 47.4 Å². The molecular weight excluding hydrogens is 342 g/mol. The van der Waals surface area contributed by atoms with Gasteiger partial charge in [-0.15, -0.1) is 0 Å². The summed E-state index contributed by atoms with van der Waals surface area (Å²) in [5.74, 6) is 0.683. The largest absolute Gasteiger partial charge is 0.497 e. The molecule has 2 amide bonds. The summed E-state index contributed by atoms with van der Waals surface area (Å²) in [6.07, 6.45) is 0. The molecule has 0 heterocycles. The van der Waals surface area contributed by atoms with E-state index < -0.39 is 16.1 Å². The molecule has 0 aliphatic rings. The van der Waals surface area contributed by atoms with Crippen LogP contribution in [0, 0.1) is 6.92 Å². The topological polar surface area (TPSA) is 87.7 Å². The van der Waals surface area contributed by atoms with Crippen LogP contribution in [0.3, 0.4) is 0 Å². The van der Waals surface area contributed by atoms with Gasteiger partial charge in [-0.25, -0.2) is 17.5 Å². The van der Waals surface area contributed by atoms with E-state index in [9.17, 15) is 13.2 Å². The van der Waals surface area contributed by atoms with E-state index in [0.717, 1.165) is 4.31 Å². The van der Waals surface area contributed by atoms with Crippen LogP contribution in [-0.2, 0) is 10.0 Å². The number of rotatable bonds is 5. The number of anilines is 2. The van der Waals surface area contributed by atoms with E-state index in [1.807, 2.05) is 0 Å². The second-order valence-corrected chi connectivity index (χ2v) is 7.70. The fourth-order valence-corrected chi connectivity index (χ4v) is 3.26. The average molecular weight is 363 g/mol. The lowest BCUT2D eigenvalue weighted by molar-refractivity contribution is 0.262. The average Bonchev–Trinajstić information content (AvgIpc) is 2.57. The van der Waals surface area contributed by atoms with Gasteiger partial charge in [0.2, 0.25) is 10.0 Å². The van der Waals surface area contributed by atoms with Gasteiger partial charge in [0.1, 0.15) is 5.75 Å². The maximum Gasteiger partial charge on any atom is 0.323 e. The molecule has 2 aromatic carbocycles. The number of urea groups is 1. The zero-order chi connectivity index (χ0) is 18.6. The number of ether oxygens (including phenoxy) is 1. The van der Waals surface area contributed by atoms with E-state index in [2.05, 4.69) is 10.6 Å². The Labute approximate surface area is 147 Å². The Hall–Kier alpha value is -2.58. The van der Waals surface area contributed by atoms with Crippen molar-refractivity contribution in [2.45, 2.75) is 11.8 Å². The van der Waals surface area contributed by atoms with E-state index in [1.54, 1.807) is 50.4 Å². The molecule has 0 spiro atoms. The highest BCUT2D eigenvalue weighted by atomic mass is 32.2. The molecule has 0 radical (unpaired) electrons. The van der Waals surface area contributed by atoms with Crippen molar-refractivity contribution in [2.75, 3.05) is 31.8 Å². The number of carbonyl (C=O) groups excluding carboxylic acids is 1. The number of sulfonamides is 1. The molecule has 2 N–H and O–H groups in total. The van der Waals surface area contributed by atoms with Gasteiger partial charge in [-0.1, -0.05) is 6.07 Å². The van der Waals surface area contributed by atoms with Gasteiger partial charge in [0.25, 0.3) is 0 Å². The molecule has 0 unspecified atom stereocenters. The molecular formula is C17H21N3O4S. The number of aryl methyl sites for hydroxylation is 1. The summed E-state index contributed by atoms with van der Waals surface area (Å²) in [5.41, 5.74) is 1.58. The number of nitrogens with one attached hydrogen (secondary N) is 2. The lowest BCUT2D eigenvalue weighted by Gasteiger charge is -2.15. The van der Waals surface area contributed by atoms with Gasteiger partial charge < -0.3 is 15.4 Å². The van der Waals surface area contributed by atoms with Crippen LogP contribution in [0.25, 0.3) is 0 Å². The zero-order valence-corrected chi connectivity index (χ0v) is 15.3. The third kappa shape index (κ3) is 4.49. The molecule has 7 nitrogen and oxygen atoms in total. The molecule has 0 bridgehead atoms. The summed E-state index contributed by atoms with van der Waals surface area (Å²) < 4.78 is 30.8. The minimum absolute atomic E-state index is 0.153. The van der Waals surface area contributed by atoms with E-state index in [0.29, 0.717) is 22.7 Å². The van der Waals surface area contributed by atoms with E-state index in [4.69, 9.17) is 4.74 Å². The Morgan fingerprint density at radius 1 is 1.00 bits per heavy atom. The molecule has 2 rings (SSSR count).